The number of fused-ring (bicyclic) bond motifs is 1. The minimum Gasteiger partial charge on any atom is -0.381 e. The second-order valence-corrected chi connectivity index (χ2v) is 8.40. The number of nitrogens with zero attached hydrogens (tertiary/aromatic N) is 4. The molecule has 0 atom stereocenters. The maximum absolute atomic E-state index is 12.7. The molecule has 2 aliphatic rings. The number of nitrogens with one attached hydrogen (secondary N) is 1. The van der Waals surface area contributed by atoms with E-state index >= 15 is 0 Å². The molecule has 0 saturated carbocycles. The van der Waals surface area contributed by atoms with Gasteiger partial charge in [-0.3, -0.25) is 14.6 Å². The van der Waals surface area contributed by atoms with E-state index in [9.17, 15) is 14.7 Å². The summed E-state index contributed by atoms with van der Waals surface area (Å²) in [4.78, 5) is 37.6. The molecule has 0 spiro atoms. The first kappa shape index (κ1) is 19.6. The number of amides is 2. The Bertz CT molecular complexity index is 928. The first-order chi connectivity index (χ1) is 13.8. The van der Waals surface area contributed by atoms with Crippen LogP contribution < -0.4 is 10.2 Å². The normalized spacial score (nSPS) is 17.9. The lowest BCUT2D eigenvalue weighted by Crippen LogP contribution is -2.51. The third kappa shape index (κ3) is 4.17. The smallest absolute Gasteiger partial charge is 0.253 e. The molecule has 2 fully saturated rings. The van der Waals surface area contributed by atoms with Crippen LogP contribution in [0.15, 0.2) is 24.5 Å². The average molecular weight is 397 g/mol. The van der Waals surface area contributed by atoms with E-state index in [1.54, 1.807) is 17.3 Å². The second-order valence-electron chi connectivity index (χ2n) is 8.40. The molecule has 2 amide bonds. The van der Waals surface area contributed by atoms with Gasteiger partial charge in [-0.15, -0.1) is 0 Å². The van der Waals surface area contributed by atoms with Gasteiger partial charge < -0.3 is 20.2 Å². The Morgan fingerprint density at radius 3 is 2.45 bits per heavy atom. The van der Waals surface area contributed by atoms with E-state index in [4.69, 9.17) is 0 Å². The number of piperidine rings is 1. The first-order valence-electron chi connectivity index (χ1n) is 10.1. The number of hydrogen-bond donors (Lipinski definition) is 2. The molecule has 8 nitrogen and oxygen atoms in total. The van der Waals surface area contributed by atoms with E-state index in [0.717, 1.165) is 29.8 Å². The van der Waals surface area contributed by atoms with Crippen molar-refractivity contribution in [3.63, 3.8) is 0 Å². The summed E-state index contributed by atoms with van der Waals surface area (Å²) in [5.74, 6) is 0.491. The number of carbonyl (C=O) groups excluding carboxylic acids is 2. The maximum atomic E-state index is 12.7. The monoisotopic (exact) mass is 397 g/mol. The number of aromatic nitrogens is 2. The van der Waals surface area contributed by atoms with Crippen molar-refractivity contribution < 1.29 is 14.7 Å². The molecule has 2 N–H and O–H groups in total. The maximum Gasteiger partial charge on any atom is 0.253 e. The molecule has 154 valence electrons. The van der Waals surface area contributed by atoms with E-state index in [0.29, 0.717) is 31.5 Å². The highest BCUT2D eigenvalue weighted by molar-refractivity contribution is 5.97. The van der Waals surface area contributed by atoms with E-state index in [2.05, 4.69) is 20.2 Å². The Morgan fingerprint density at radius 1 is 1.10 bits per heavy atom. The molecule has 8 heteroatoms. The van der Waals surface area contributed by atoms with Gasteiger partial charge in [0.15, 0.2) is 0 Å². The van der Waals surface area contributed by atoms with Crippen LogP contribution in [0.1, 0.15) is 43.5 Å². The van der Waals surface area contributed by atoms with Crippen molar-refractivity contribution in [1.29, 1.82) is 0 Å². The van der Waals surface area contributed by atoms with Crippen LogP contribution in [0.25, 0.3) is 10.9 Å². The van der Waals surface area contributed by atoms with Gasteiger partial charge in [0.25, 0.3) is 11.8 Å². The van der Waals surface area contributed by atoms with Gasteiger partial charge in [0.05, 0.1) is 11.1 Å². The van der Waals surface area contributed by atoms with Crippen molar-refractivity contribution in [1.82, 2.24) is 20.2 Å². The van der Waals surface area contributed by atoms with E-state index in [-0.39, 0.29) is 17.9 Å². The highest BCUT2D eigenvalue weighted by Crippen LogP contribution is 2.22. The van der Waals surface area contributed by atoms with Gasteiger partial charge in [-0.1, -0.05) is 0 Å². The number of carbonyl (C=O) groups is 2. The molecule has 2 aromatic heterocycles. The molecule has 4 rings (SSSR count). The Hall–Kier alpha value is -2.74. The van der Waals surface area contributed by atoms with Crippen LogP contribution in [0, 0.1) is 0 Å². The van der Waals surface area contributed by atoms with Crippen LogP contribution in [0.2, 0.25) is 0 Å². The Morgan fingerprint density at radius 2 is 1.83 bits per heavy atom. The Labute approximate surface area is 169 Å². The lowest BCUT2D eigenvalue weighted by atomic mass is 10.0. The standard InChI is InChI=1S/C21H27N5O3/c1-21(2,29)20(28)26-8-4-16(5-9-26)24-19(27)15-10-14-12-23-18(25-6-3-7-25)11-17(14)22-13-15/h10-13,16,29H,3-9H2,1-2H3,(H,24,27). The third-order valence-electron chi connectivity index (χ3n) is 5.63. The van der Waals surface area contributed by atoms with Crippen LogP contribution in [-0.4, -0.2) is 69.6 Å². The molecule has 2 saturated heterocycles. The van der Waals surface area contributed by atoms with Gasteiger partial charge in [-0.2, -0.15) is 0 Å². The SMILES string of the molecule is CC(C)(O)C(=O)N1CCC(NC(=O)c2cnc3cc(N4CCC4)ncc3c2)CC1. The summed E-state index contributed by atoms with van der Waals surface area (Å²) in [6, 6.07) is 3.78. The number of aliphatic hydroxyl groups is 1. The summed E-state index contributed by atoms with van der Waals surface area (Å²) in [6.45, 7) is 6.09. The lowest BCUT2D eigenvalue weighted by Gasteiger charge is -2.35. The van der Waals surface area contributed by atoms with Crippen molar-refractivity contribution >= 4 is 28.5 Å². The number of likely N-dealkylation sites (tertiary alicyclic amines) is 1. The predicted octanol–water partition coefficient (Wildman–Crippen LogP) is 1.33. The zero-order chi connectivity index (χ0) is 20.6. The fourth-order valence-corrected chi connectivity index (χ4v) is 3.74. The molecule has 0 radical (unpaired) electrons. The number of hydrogen-bond acceptors (Lipinski definition) is 6. The zero-order valence-corrected chi connectivity index (χ0v) is 16.9. The molecule has 2 aromatic rings. The van der Waals surface area contributed by atoms with E-state index in [1.807, 2.05) is 12.1 Å². The minimum atomic E-state index is -1.36. The summed E-state index contributed by atoms with van der Waals surface area (Å²) in [7, 11) is 0. The second kappa shape index (κ2) is 7.59. The van der Waals surface area contributed by atoms with Gasteiger partial charge in [-0.25, -0.2) is 4.98 Å². The quantitative estimate of drug-likeness (QED) is 0.808. The van der Waals surface area contributed by atoms with E-state index < -0.39 is 5.60 Å². The summed E-state index contributed by atoms with van der Waals surface area (Å²) < 4.78 is 0. The van der Waals surface area contributed by atoms with Gasteiger partial charge in [0.2, 0.25) is 0 Å². The largest absolute Gasteiger partial charge is 0.381 e. The van der Waals surface area contributed by atoms with Crippen LogP contribution >= 0.6 is 0 Å². The fourth-order valence-electron chi connectivity index (χ4n) is 3.74. The van der Waals surface area contributed by atoms with E-state index in [1.165, 1.54) is 20.3 Å². The van der Waals surface area contributed by atoms with Gasteiger partial charge >= 0.3 is 0 Å². The molecule has 29 heavy (non-hydrogen) atoms. The molecule has 0 unspecified atom stereocenters. The summed E-state index contributed by atoms with van der Waals surface area (Å²) >= 11 is 0. The topological polar surface area (TPSA) is 98.7 Å². The highest BCUT2D eigenvalue weighted by Gasteiger charge is 2.32. The van der Waals surface area contributed by atoms with Crippen molar-refractivity contribution in [3.8, 4) is 0 Å². The summed E-state index contributed by atoms with van der Waals surface area (Å²) in [5.41, 5.74) is -0.0287. The summed E-state index contributed by atoms with van der Waals surface area (Å²) in [5, 5.41) is 13.8. The lowest BCUT2D eigenvalue weighted by molar-refractivity contribution is -0.148. The van der Waals surface area contributed by atoms with Crippen LogP contribution in [0.5, 0.6) is 0 Å². The average Bonchev–Trinajstić information content (AvgIpc) is 2.65. The van der Waals surface area contributed by atoms with Crippen molar-refractivity contribution in [3.05, 3.63) is 30.1 Å². The zero-order valence-electron chi connectivity index (χ0n) is 16.9. The number of anilines is 1. The summed E-state index contributed by atoms with van der Waals surface area (Å²) in [6.07, 6.45) is 5.89. The number of pyridine rings is 2. The third-order valence-corrected chi connectivity index (χ3v) is 5.63. The Balaban J connectivity index is 1.37. The molecule has 2 aliphatic heterocycles. The Kier molecular flexibility index (Phi) is 5.12. The van der Waals surface area contributed by atoms with Crippen LogP contribution in [0.4, 0.5) is 5.82 Å². The molecule has 0 aromatic carbocycles. The van der Waals surface area contributed by atoms with Crippen molar-refractivity contribution in [2.75, 3.05) is 31.1 Å². The minimum absolute atomic E-state index is 0.00373. The van der Waals surface area contributed by atoms with Crippen molar-refractivity contribution in [2.24, 2.45) is 0 Å². The van der Waals surface area contributed by atoms with Gasteiger partial charge in [0.1, 0.15) is 11.4 Å². The van der Waals surface area contributed by atoms with Crippen LogP contribution in [0.3, 0.4) is 0 Å². The predicted molar refractivity (Wildman–Crippen MR) is 110 cm³/mol. The molecule has 0 bridgehead atoms. The van der Waals surface area contributed by atoms with Crippen molar-refractivity contribution in [2.45, 2.75) is 44.8 Å². The molecule has 0 aliphatic carbocycles. The van der Waals surface area contributed by atoms with Crippen LogP contribution in [-0.2, 0) is 4.79 Å². The van der Waals surface area contributed by atoms with Gasteiger partial charge in [-0.05, 0) is 39.2 Å². The molecular weight excluding hydrogens is 370 g/mol. The molecular formula is C21H27N5O3. The first-order valence-corrected chi connectivity index (χ1v) is 10.1. The molecule has 4 heterocycles. The highest BCUT2D eigenvalue weighted by atomic mass is 16.3. The fraction of sp³-hybridized carbons (Fsp3) is 0.524. The number of rotatable bonds is 4. The van der Waals surface area contributed by atoms with Gasteiger partial charge in [0, 0.05) is 56.1 Å².